The van der Waals surface area contributed by atoms with Gasteiger partial charge in [0.2, 0.25) is 11.8 Å². The molecule has 0 saturated carbocycles. The number of benzene rings is 1. The molecule has 0 aliphatic carbocycles. The molecule has 2 aromatic rings. The largest absolute Gasteiger partial charge is 0.481 e. The zero-order chi connectivity index (χ0) is 14.5. The lowest BCUT2D eigenvalue weighted by Gasteiger charge is -2.07. The van der Waals surface area contributed by atoms with Gasteiger partial charge in [-0.15, -0.1) is 0 Å². The van der Waals surface area contributed by atoms with E-state index in [-0.39, 0.29) is 11.6 Å². The van der Waals surface area contributed by atoms with Crippen molar-refractivity contribution in [2.24, 2.45) is 0 Å². The highest BCUT2D eigenvalue weighted by atomic mass is 16.6. The minimum Gasteiger partial charge on any atom is -0.481 e. The van der Waals surface area contributed by atoms with Crippen LogP contribution in [0.15, 0.2) is 30.3 Å². The molecule has 20 heavy (non-hydrogen) atoms. The van der Waals surface area contributed by atoms with Crippen molar-refractivity contribution in [3.8, 4) is 5.88 Å². The predicted molar refractivity (Wildman–Crippen MR) is 73.4 cm³/mol. The van der Waals surface area contributed by atoms with Crippen molar-refractivity contribution in [1.29, 1.82) is 0 Å². The van der Waals surface area contributed by atoms with Crippen LogP contribution in [0, 0.1) is 10.1 Å². The third-order valence-corrected chi connectivity index (χ3v) is 2.55. The van der Waals surface area contributed by atoms with Crippen LogP contribution in [0.5, 0.6) is 5.88 Å². The topological polar surface area (TPSA) is 116 Å². The van der Waals surface area contributed by atoms with Gasteiger partial charge in [-0.1, -0.05) is 12.1 Å². The molecule has 0 spiro atoms. The fraction of sp³-hybridized carbons (Fsp3) is 0.167. The molecule has 8 nitrogen and oxygen atoms in total. The number of non-ortho nitro benzene ring substituents is 1. The van der Waals surface area contributed by atoms with E-state index in [1.807, 2.05) is 0 Å². The first-order valence-corrected chi connectivity index (χ1v) is 5.74. The number of nitrogen functional groups attached to an aromatic ring is 1. The quantitative estimate of drug-likeness (QED) is 0.628. The van der Waals surface area contributed by atoms with Crippen molar-refractivity contribution in [1.82, 2.24) is 9.97 Å². The molecule has 0 aliphatic rings. The maximum Gasteiger partial charge on any atom is 0.269 e. The zero-order valence-corrected chi connectivity index (χ0v) is 10.7. The van der Waals surface area contributed by atoms with E-state index in [0.29, 0.717) is 18.2 Å². The number of rotatable bonds is 5. The van der Waals surface area contributed by atoms with Crippen LogP contribution >= 0.6 is 0 Å². The first-order chi connectivity index (χ1) is 9.58. The molecule has 2 rings (SSSR count). The molecule has 3 N–H and O–H groups in total. The number of nitro benzene ring substituents is 1. The molecule has 1 aromatic carbocycles. The van der Waals surface area contributed by atoms with Crippen molar-refractivity contribution in [3.63, 3.8) is 0 Å². The van der Waals surface area contributed by atoms with Crippen LogP contribution in [0.2, 0.25) is 0 Å². The average molecular weight is 275 g/mol. The highest BCUT2D eigenvalue weighted by molar-refractivity contribution is 5.43. The Morgan fingerprint density at radius 3 is 2.65 bits per heavy atom. The monoisotopic (exact) mass is 275 g/mol. The van der Waals surface area contributed by atoms with Gasteiger partial charge < -0.3 is 15.8 Å². The van der Waals surface area contributed by atoms with E-state index in [2.05, 4.69) is 15.3 Å². The SMILES string of the molecule is COc1cc(NCc2ccc([N+](=O)[O-])cc2)nc(N)n1. The first kappa shape index (κ1) is 13.5. The Kier molecular flexibility index (Phi) is 3.94. The van der Waals surface area contributed by atoms with Gasteiger partial charge in [-0.25, -0.2) is 0 Å². The summed E-state index contributed by atoms with van der Waals surface area (Å²) in [7, 11) is 1.49. The second kappa shape index (κ2) is 5.83. The maximum atomic E-state index is 10.5. The Morgan fingerprint density at radius 1 is 1.35 bits per heavy atom. The molecule has 8 heteroatoms. The summed E-state index contributed by atoms with van der Waals surface area (Å²) in [5.74, 6) is 0.993. The highest BCUT2D eigenvalue weighted by Gasteiger charge is 2.05. The van der Waals surface area contributed by atoms with Crippen LogP contribution in [0.3, 0.4) is 0 Å². The zero-order valence-electron chi connectivity index (χ0n) is 10.7. The van der Waals surface area contributed by atoms with Crippen LogP contribution in [-0.2, 0) is 6.54 Å². The van der Waals surface area contributed by atoms with Gasteiger partial charge in [0.1, 0.15) is 5.82 Å². The summed E-state index contributed by atoms with van der Waals surface area (Å²) in [5, 5.41) is 13.6. The van der Waals surface area contributed by atoms with Crippen molar-refractivity contribution in [3.05, 3.63) is 46.0 Å². The molecule has 0 radical (unpaired) electrons. The third-order valence-electron chi connectivity index (χ3n) is 2.55. The number of nitrogens with zero attached hydrogens (tertiary/aromatic N) is 3. The molecule has 1 aromatic heterocycles. The van der Waals surface area contributed by atoms with Crippen LogP contribution < -0.4 is 15.8 Å². The van der Waals surface area contributed by atoms with E-state index < -0.39 is 4.92 Å². The Bertz CT molecular complexity index is 615. The number of nitrogens with one attached hydrogen (secondary N) is 1. The van der Waals surface area contributed by atoms with Gasteiger partial charge in [0.15, 0.2) is 0 Å². The Hall–Kier alpha value is -2.90. The number of aromatic nitrogens is 2. The Morgan fingerprint density at radius 2 is 2.05 bits per heavy atom. The lowest BCUT2D eigenvalue weighted by molar-refractivity contribution is -0.384. The number of hydrogen-bond donors (Lipinski definition) is 2. The van der Waals surface area contributed by atoms with E-state index in [1.54, 1.807) is 18.2 Å². The van der Waals surface area contributed by atoms with Gasteiger partial charge >= 0.3 is 0 Å². The van der Waals surface area contributed by atoms with Crippen molar-refractivity contribution in [2.75, 3.05) is 18.2 Å². The van der Waals surface area contributed by atoms with Gasteiger partial charge in [-0.05, 0) is 5.56 Å². The van der Waals surface area contributed by atoms with Crippen molar-refractivity contribution < 1.29 is 9.66 Å². The first-order valence-electron chi connectivity index (χ1n) is 5.74. The number of nitrogens with two attached hydrogens (primary N) is 1. The van der Waals surface area contributed by atoms with E-state index in [1.165, 1.54) is 19.2 Å². The van der Waals surface area contributed by atoms with Gasteiger partial charge in [0.05, 0.1) is 12.0 Å². The highest BCUT2D eigenvalue weighted by Crippen LogP contribution is 2.16. The summed E-state index contributed by atoms with van der Waals surface area (Å²) >= 11 is 0. The van der Waals surface area contributed by atoms with Gasteiger partial charge in [-0.2, -0.15) is 9.97 Å². The summed E-state index contributed by atoms with van der Waals surface area (Å²) in [6, 6.07) is 7.86. The minimum absolute atomic E-state index is 0.0571. The van der Waals surface area contributed by atoms with Crippen molar-refractivity contribution >= 4 is 17.5 Å². The molecule has 0 atom stereocenters. The summed E-state index contributed by atoms with van der Waals surface area (Å²) < 4.78 is 4.98. The molecular weight excluding hydrogens is 262 g/mol. The summed E-state index contributed by atoms with van der Waals surface area (Å²) in [5.41, 5.74) is 6.48. The van der Waals surface area contributed by atoms with Crippen LogP contribution in [0.1, 0.15) is 5.56 Å². The fourth-order valence-electron chi connectivity index (χ4n) is 1.57. The normalized spacial score (nSPS) is 10.1. The van der Waals surface area contributed by atoms with E-state index in [0.717, 1.165) is 5.56 Å². The maximum absolute atomic E-state index is 10.5. The van der Waals surface area contributed by atoms with Crippen LogP contribution in [0.4, 0.5) is 17.5 Å². The van der Waals surface area contributed by atoms with E-state index >= 15 is 0 Å². The summed E-state index contributed by atoms with van der Waals surface area (Å²) in [6.45, 7) is 0.456. The van der Waals surface area contributed by atoms with Gasteiger partial charge in [0.25, 0.3) is 5.69 Å². The average Bonchev–Trinajstić information content (AvgIpc) is 2.45. The second-order valence-electron chi connectivity index (χ2n) is 3.93. The smallest absolute Gasteiger partial charge is 0.269 e. The molecule has 0 fully saturated rings. The predicted octanol–water partition coefficient (Wildman–Crippen LogP) is 1.59. The van der Waals surface area contributed by atoms with Crippen LogP contribution in [-0.4, -0.2) is 22.0 Å². The third kappa shape index (κ3) is 3.31. The van der Waals surface area contributed by atoms with E-state index in [9.17, 15) is 10.1 Å². The lowest BCUT2D eigenvalue weighted by atomic mass is 10.2. The molecule has 104 valence electrons. The van der Waals surface area contributed by atoms with E-state index in [4.69, 9.17) is 10.5 Å². The van der Waals surface area contributed by atoms with Gasteiger partial charge in [-0.3, -0.25) is 10.1 Å². The second-order valence-corrected chi connectivity index (χ2v) is 3.93. The molecule has 0 unspecified atom stereocenters. The molecule has 1 heterocycles. The lowest BCUT2D eigenvalue weighted by Crippen LogP contribution is -2.05. The Labute approximate surface area is 114 Å². The number of nitro groups is 1. The molecule has 0 aliphatic heterocycles. The van der Waals surface area contributed by atoms with Gasteiger partial charge in [0, 0.05) is 24.7 Å². The van der Waals surface area contributed by atoms with Crippen LogP contribution in [0.25, 0.3) is 0 Å². The molecule has 0 amide bonds. The summed E-state index contributed by atoms with van der Waals surface area (Å²) in [6.07, 6.45) is 0. The number of hydrogen-bond acceptors (Lipinski definition) is 7. The van der Waals surface area contributed by atoms with Crippen molar-refractivity contribution in [2.45, 2.75) is 6.54 Å². The number of anilines is 2. The molecule has 0 saturated heterocycles. The number of methoxy groups -OCH3 is 1. The number of ether oxygens (including phenoxy) is 1. The fourth-order valence-corrected chi connectivity index (χ4v) is 1.57. The summed E-state index contributed by atoms with van der Waals surface area (Å²) in [4.78, 5) is 18.0. The standard InChI is InChI=1S/C12H13N5O3/c1-20-11-6-10(15-12(13)16-11)14-7-8-2-4-9(5-3-8)17(18)19/h2-6H,7H2,1H3,(H3,13,14,15,16). The minimum atomic E-state index is -0.437. The molecular formula is C12H13N5O3. The molecule has 0 bridgehead atoms. The Balaban J connectivity index is 2.04.